The van der Waals surface area contributed by atoms with Gasteiger partial charge in [-0.15, -0.1) is 11.8 Å². The minimum atomic E-state index is -0.0369. The highest BCUT2D eigenvalue weighted by atomic mass is 32.2. The Balaban J connectivity index is 2.82. The third kappa shape index (κ3) is 3.08. The highest BCUT2D eigenvalue weighted by Crippen LogP contribution is 2.17. The van der Waals surface area contributed by atoms with Crippen LogP contribution in [-0.2, 0) is 0 Å². The van der Waals surface area contributed by atoms with Crippen LogP contribution in [0.4, 0.5) is 0 Å². The Morgan fingerprint density at radius 3 is 2.40 bits per heavy atom. The lowest BCUT2D eigenvalue weighted by Gasteiger charge is -2.10. The van der Waals surface area contributed by atoms with Gasteiger partial charge in [-0.3, -0.25) is 4.79 Å². The lowest BCUT2D eigenvalue weighted by Crippen LogP contribution is -2.22. The molecular formula is C12H17NOS. The van der Waals surface area contributed by atoms with Gasteiger partial charge in [0.05, 0.1) is 0 Å². The summed E-state index contributed by atoms with van der Waals surface area (Å²) < 4.78 is 0. The van der Waals surface area contributed by atoms with E-state index in [-0.39, 0.29) is 11.7 Å². The second-order valence-electron chi connectivity index (χ2n) is 3.43. The monoisotopic (exact) mass is 223 g/mol. The van der Waals surface area contributed by atoms with E-state index in [0.29, 0.717) is 6.54 Å². The summed E-state index contributed by atoms with van der Waals surface area (Å²) >= 11 is 1.67. The minimum Gasteiger partial charge on any atom is -0.330 e. The van der Waals surface area contributed by atoms with Crippen LogP contribution in [0.3, 0.4) is 0 Å². The van der Waals surface area contributed by atoms with Crippen LogP contribution in [0.1, 0.15) is 23.7 Å². The molecule has 15 heavy (non-hydrogen) atoms. The van der Waals surface area contributed by atoms with Crippen LogP contribution in [0.5, 0.6) is 0 Å². The van der Waals surface area contributed by atoms with Gasteiger partial charge in [0.25, 0.3) is 0 Å². The van der Waals surface area contributed by atoms with Crippen LogP contribution in [0.2, 0.25) is 0 Å². The Kier molecular flexibility index (Phi) is 4.85. The molecule has 0 radical (unpaired) electrons. The number of carbonyl (C=O) groups excluding carboxylic acids is 1. The number of Topliss-reactive ketones (excluding diaryl/α,β-unsaturated/α-hetero) is 1. The first-order chi connectivity index (χ1) is 7.22. The molecule has 0 bridgehead atoms. The van der Waals surface area contributed by atoms with E-state index >= 15 is 0 Å². The number of thioether (sulfide) groups is 1. The molecule has 0 amide bonds. The molecule has 1 rings (SSSR count). The number of carbonyl (C=O) groups is 1. The molecular weight excluding hydrogens is 206 g/mol. The number of rotatable bonds is 5. The van der Waals surface area contributed by atoms with Crippen LogP contribution in [-0.4, -0.2) is 18.6 Å². The summed E-state index contributed by atoms with van der Waals surface area (Å²) in [5.41, 5.74) is 6.32. The van der Waals surface area contributed by atoms with E-state index in [1.54, 1.807) is 11.8 Å². The molecule has 1 aromatic carbocycles. The summed E-state index contributed by atoms with van der Waals surface area (Å²) in [7, 11) is 0. The summed E-state index contributed by atoms with van der Waals surface area (Å²) in [5.74, 6) is 0.123. The van der Waals surface area contributed by atoms with Gasteiger partial charge in [-0.1, -0.05) is 19.1 Å². The van der Waals surface area contributed by atoms with Crippen LogP contribution >= 0.6 is 11.8 Å². The topological polar surface area (TPSA) is 43.1 Å². The fourth-order valence-electron chi connectivity index (χ4n) is 1.45. The summed E-state index contributed by atoms with van der Waals surface area (Å²) in [6.07, 6.45) is 2.82. The van der Waals surface area contributed by atoms with E-state index in [1.807, 2.05) is 37.4 Å². The van der Waals surface area contributed by atoms with Crippen LogP contribution in [0.15, 0.2) is 29.2 Å². The number of benzene rings is 1. The fourth-order valence-corrected chi connectivity index (χ4v) is 1.86. The first-order valence-corrected chi connectivity index (χ1v) is 6.33. The summed E-state index contributed by atoms with van der Waals surface area (Å²) in [6, 6.07) is 7.71. The predicted octanol–water partition coefficient (Wildman–Crippen LogP) is 2.58. The normalized spacial score (nSPS) is 12.5. The third-order valence-corrected chi connectivity index (χ3v) is 3.27. The van der Waals surface area contributed by atoms with Crippen molar-refractivity contribution in [3.05, 3.63) is 29.8 Å². The van der Waals surface area contributed by atoms with Crippen molar-refractivity contribution >= 4 is 17.5 Å². The highest BCUT2D eigenvalue weighted by molar-refractivity contribution is 7.98. The zero-order valence-electron chi connectivity index (χ0n) is 9.19. The van der Waals surface area contributed by atoms with Gasteiger partial charge in [0, 0.05) is 22.9 Å². The van der Waals surface area contributed by atoms with Gasteiger partial charge in [-0.2, -0.15) is 0 Å². The van der Waals surface area contributed by atoms with Crippen molar-refractivity contribution in [1.29, 1.82) is 0 Å². The molecule has 3 heteroatoms. The maximum atomic E-state index is 11.9. The number of hydrogen-bond acceptors (Lipinski definition) is 3. The molecule has 82 valence electrons. The Labute approximate surface area is 95.2 Å². The van der Waals surface area contributed by atoms with Crippen molar-refractivity contribution in [2.45, 2.75) is 18.2 Å². The molecule has 1 atom stereocenters. The fraction of sp³-hybridized carbons (Fsp3) is 0.417. The molecule has 0 saturated carbocycles. The standard InChI is InChI=1S/C12H17NOS/c1-3-9(8-13)12(14)10-4-6-11(15-2)7-5-10/h4-7,9H,3,8,13H2,1-2H3. The van der Waals surface area contributed by atoms with Crippen molar-refractivity contribution in [2.24, 2.45) is 11.7 Å². The smallest absolute Gasteiger partial charge is 0.167 e. The molecule has 1 unspecified atom stereocenters. The SMILES string of the molecule is CCC(CN)C(=O)c1ccc(SC)cc1. The molecule has 2 N–H and O–H groups in total. The number of hydrogen-bond donors (Lipinski definition) is 1. The Hall–Kier alpha value is -0.800. The van der Waals surface area contributed by atoms with Crippen molar-refractivity contribution in [1.82, 2.24) is 0 Å². The number of nitrogens with two attached hydrogens (primary N) is 1. The largest absolute Gasteiger partial charge is 0.330 e. The maximum absolute atomic E-state index is 11.9. The first-order valence-electron chi connectivity index (χ1n) is 5.11. The van der Waals surface area contributed by atoms with E-state index in [0.717, 1.165) is 12.0 Å². The van der Waals surface area contributed by atoms with Crippen molar-refractivity contribution in [3.8, 4) is 0 Å². The lowest BCUT2D eigenvalue weighted by molar-refractivity contribution is 0.0921. The third-order valence-electron chi connectivity index (χ3n) is 2.52. The molecule has 0 heterocycles. The quantitative estimate of drug-likeness (QED) is 0.616. The summed E-state index contributed by atoms with van der Waals surface area (Å²) in [4.78, 5) is 13.1. The van der Waals surface area contributed by atoms with Crippen LogP contribution < -0.4 is 5.73 Å². The zero-order chi connectivity index (χ0) is 11.3. The molecule has 0 aliphatic rings. The molecule has 0 aliphatic heterocycles. The van der Waals surface area contributed by atoms with Gasteiger partial charge in [0.1, 0.15) is 0 Å². The van der Waals surface area contributed by atoms with E-state index in [2.05, 4.69) is 0 Å². The lowest BCUT2D eigenvalue weighted by atomic mass is 9.95. The highest BCUT2D eigenvalue weighted by Gasteiger charge is 2.16. The van der Waals surface area contributed by atoms with Gasteiger partial charge >= 0.3 is 0 Å². The molecule has 0 fully saturated rings. The second kappa shape index (κ2) is 5.93. The predicted molar refractivity (Wildman–Crippen MR) is 65.4 cm³/mol. The van der Waals surface area contributed by atoms with E-state index < -0.39 is 0 Å². The van der Waals surface area contributed by atoms with E-state index in [4.69, 9.17) is 5.73 Å². The van der Waals surface area contributed by atoms with Crippen molar-refractivity contribution < 1.29 is 4.79 Å². The average Bonchev–Trinajstić information content (AvgIpc) is 2.30. The number of ketones is 1. The maximum Gasteiger partial charge on any atom is 0.167 e. The molecule has 1 aromatic rings. The molecule has 0 aliphatic carbocycles. The average molecular weight is 223 g/mol. The van der Waals surface area contributed by atoms with Crippen molar-refractivity contribution in [3.63, 3.8) is 0 Å². The van der Waals surface area contributed by atoms with Gasteiger partial charge in [-0.05, 0) is 24.8 Å². The Bertz CT molecular complexity index is 317. The van der Waals surface area contributed by atoms with Gasteiger partial charge in [0.15, 0.2) is 5.78 Å². The first kappa shape index (κ1) is 12.3. The van der Waals surface area contributed by atoms with Crippen LogP contribution in [0, 0.1) is 5.92 Å². The zero-order valence-corrected chi connectivity index (χ0v) is 10.0. The molecule has 0 aromatic heterocycles. The molecule has 2 nitrogen and oxygen atoms in total. The Morgan fingerprint density at radius 1 is 1.40 bits per heavy atom. The minimum absolute atomic E-state index is 0.0369. The van der Waals surface area contributed by atoms with Gasteiger partial charge in [-0.25, -0.2) is 0 Å². The molecule has 0 spiro atoms. The van der Waals surface area contributed by atoms with Gasteiger partial charge in [0.2, 0.25) is 0 Å². The molecule has 0 saturated heterocycles. The Morgan fingerprint density at radius 2 is 2.00 bits per heavy atom. The van der Waals surface area contributed by atoms with E-state index in [1.165, 1.54) is 4.90 Å². The van der Waals surface area contributed by atoms with Gasteiger partial charge < -0.3 is 5.73 Å². The summed E-state index contributed by atoms with van der Waals surface area (Å²) in [6.45, 7) is 2.42. The van der Waals surface area contributed by atoms with Crippen LogP contribution in [0.25, 0.3) is 0 Å². The van der Waals surface area contributed by atoms with E-state index in [9.17, 15) is 4.79 Å². The van der Waals surface area contributed by atoms with Crippen molar-refractivity contribution in [2.75, 3.05) is 12.8 Å². The summed E-state index contributed by atoms with van der Waals surface area (Å²) in [5, 5.41) is 0. The second-order valence-corrected chi connectivity index (χ2v) is 4.31.